The summed E-state index contributed by atoms with van der Waals surface area (Å²) >= 11 is 2.79. The molecule has 5 rings (SSSR count). The average molecular weight is 521 g/mol. The van der Waals surface area contributed by atoms with Gasteiger partial charge in [-0.15, -0.1) is 11.3 Å². The second-order valence-electron chi connectivity index (χ2n) is 8.40. The first-order chi connectivity index (χ1) is 17.4. The lowest BCUT2D eigenvalue weighted by molar-refractivity contribution is -0.113. The molecule has 1 aliphatic rings. The van der Waals surface area contributed by atoms with E-state index >= 15 is 0 Å². The molecule has 0 saturated carbocycles. The molecule has 0 radical (unpaired) electrons. The van der Waals surface area contributed by atoms with Crippen LogP contribution in [0.25, 0.3) is 15.9 Å². The Bertz CT molecular complexity index is 1510. The van der Waals surface area contributed by atoms with Crippen molar-refractivity contribution in [2.24, 2.45) is 5.73 Å². The van der Waals surface area contributed by atoms with Crippen molar-refractivity contribution >= 4 is 50.8 Å². The van der Waals surface area contributed by atoms with Crippen LogP contribution in [-0.2, 0) is 17.6 Å². The van der Waals surface area contributed by atoms with Crippen LogP contribution in [0.1, 0.15) is 33.6 Å². The molecule has 2 amide bonds. The van der Waals surface area contributed by atoms with Crippen molar-refractivity contribution in [2.75, 3.05) is 18.2 Å². The maximum absolute atomic E-state index is 13.8. The molecule has 3 N–H and O–H groups in total. The van der Waals surface area contributed by atoms with Crippen molar-refractivity contribution in [1.82, 2.24) is 9.55 Å². The number of amides is 2. The van der Waals surface area contributed by atoms with Crippen LogP contribution in [0.3, 0.4) is 0 Å². The van der Waals surface area contributed by atoms with Crippen molar-refractivity contribution in [1.29, 1.82) is 0 Å². The summed E-state index contributed by atoms with van der Waals surface area (Å²) in [7, 11) is 1.59. The number of nitrogens with two attached hydrogens (primary N) is 1. The maximum Gasteiger partial charge on any atom is 0.267 e. The van der Waals surface area contributed by atoms with E-state index in [1.54, 1.807) is 59.4 Å². The van der Waals surface area contributed by atoms with Gasteiger partial charge in [-0.25, -0.2) is 4.98 Å². The second kappa shape index (κ2) is 10.2. The third-order valence-electron chi connectivity index (χ3n) is 6.07. The topological polar surface area (TPSA) is 116 Å². The number of aromatic nitrogens is 2. The van der Waals surface area contributed by atoms with Crippen molar-refractivity contribution < 1.29 is 14.3 Å². The number of nitrogens with one attached hydrogen (secondary N) is 1. The van der Waals surface area contributed by atoms with Gasteiger partial charge in [-0.3, -0.25) is 19.0 Å². The number of carbonyl (C=O) groups excluding carboxylic acids is 2. The fraction of sp³-hybridized carbons (Fsp3) is 0.231. The van der Waals surface area contributed by atoms with Gasteiger partial charge in [0.1, 0.15) is 10.6 Å². The van der Waals surface area contributed by atoms with Crippen LogP contribution in [0.5, 0.6) is 5.75 Å². The van der Waals surface area contributed by atoms with Crippen LogP contribution >= 0.6 is 23.1 Å². The molecule has 0 atom stereocenters. The minimum Gasteiger partial charge on any atom is -0.497 e. The van der Waals surface area contributed by atoms with Crippen LogP contribution in [0.15, 0.2) is 58.5 Å². The van der Waals surface area contributed by atoms with Gasteiger partial charge in [0, 0.05) is 16.1 Å². The first-order valence-electron chi connectivity index (χ1n) is 11.5. The Hall–Kier alpha value is -3.63. The lowest BCUT2D eigenvalue weighted by Gasteiger charge is -2.14. The third kappa shape index (κ3) is 4.74. The lowest BCUT2D eigenvalue weighted by atomic mass is 9.97. The van der Waals surface area contributed by atoms with E-state index in [2.05, 4.69) is 5.32 Å². The smallest absolute Gasteiger partial charge is 0.267 e. The van der Waals surface area contributed by atoms with Crippen LogP contribution in [-0.4, -0.2) is 34.2 Å². The number of fused-ring (bicyclic) bond motifs is 3. The summed E-state index contributed by atoms with van der Waals surface area (Å²) in [5, 5.41) is 3.95. The summed E-state index contributed by atoms with van der Waals surface area (Å²) in [4.78, 5) is 44.6. The van der Waals surface area contributed by atoms with E-state index in [-0.39, 0.29) is 17.2 Å². The first kappa shape index (κ1) is 24.1. The second-order valence-corrected chi connectivity index (χ2v) is 10.4. The average Bonchev–Trinajstić information content (AvgIpc) is 3.26. The van der Waals surface area contributed by atoms with Gasteiger partial charge in [0.05, 0.1) is 23.9 Å². The van der Waals surface area contributed by atoms with Crippen molar-refractivity contribution in [2.45, 2.75) is 30.8 Å². The fourth-order valence-corrected chi connectivity index (χ4v) is 6.40. The Morgan fingerprint density at radius 3 is 2.53 bits per heavy atom. The highest BCUT2D eigenvalue weighted by atomic mass is 32.2. The van der Waals surface area contributed by atoms with Crippen molar-refractivity contribution in [3.8, 4) is 11.4 Å². The zero-order chi connectivity index (χ0) is 25.2. The number of ether oxygens (including phenoxy) is 1. The SMILES string of the molecule is COc1ccc(-n2c(SCC(=O)Nc3ccc(C(N)=O)cc3)nc3sc4c(c3c2=O)CCCC4)cc1. The van der Waals surface area contributed by atoms with Crippen LogP contribution in [0.4, 0.5) is 5.69 Å². The zero-order valence-electron chi connectivity index (χ0n) is 19.6. The van der Waals surface area contributed by atoms with Crippen LogP contribution in [0, 0.1) is 0 Å². The monoisotopic (exact) mass is 520 g/mol. The third-order valence-corrected chi connectivity index (χ3v) is 8.20. The van der Waals surface area contributed by atoms with Gasteiger partial charge < -0.3 is 15.8 Å². The van der Waals surface area contributed by atoms with Gasteiger partial charge >= 0.3 is 0 Å². The van der Waals surface area contributed by atoms with Crippen molar-refractivity contribution in [3.63, 3.8) is 0 Å². The number of anilines is 1. The molecule has 1 aliphatic carbocycles. The van der Waals surface area contributed by atoms with Gasteiger partial charge in [-0.1, -0.05) is 11.8 Å². The minimum atomic E-state index is -0.531. The van der Waals surface area contributed by atoms with Gasteiger partial charge in [-0.2, -0.15) is 0 Å². The highest BCUT2D eigenvalue weighted by molar-refractivity contribution is 7.99. The number of hydrogen-bond acceptors (Lipinski definition) is 7. The van der Waals surface area contributed by atoms with Gasteiger partial charge in [0.15, 0.2) is 5.16 Å². The van der Waals surface area contributed by atoms with E-state index in [0.717, 1.165) is 36.1 Å². The molecular formula is C26H24N4O4S2. The molecule has 0 fully saturated rings. The van der Waals surface area contributed by atoms with E-state index in [1.165, 1.54) is 16.6 Å². The predicted octanol–water partition coefficient (Wildman–Crippen LogP) is 4.16. The summed E-state index contributed by atoms with van der Waals surface area (Å²) in [5.74, 6) is -0.0502. The molecule has 0 spiro atoms. The Balaban J connectivity index is 1.47. The summed E-state index contributed by atoms with van der Waals surface area (Å²) < 4.78 is 6.85. The fourth-order valence-electron chi connectivity index (χ4n) is 4.29. The molecule has 0 saturated heterocycles. The number of primary amides is 1. The summed E-state index contributed by atoms with van der Waals surface area (Å²) in [6.45, 7) is 0. The predicted molar refractivity (Wildman–Crippen MR) is 143 cm³/mol. The molecule has 0 unspecified atom stereocenters. The molecule has 2 aromatic carbocycles. The molecule has 2 aromatic heterocycles. The lowest BCUT2D eigenvalue weighted by Crippen LogP contribution is -2.23. The Morgan fingerprint density at radius 1 is 1.11 bits per heavy atom. The van der Waals surface area contributed by atoms with E-state index in [9.17, 15) is 14.4 Å². The Morgan fingerprint density at radius 2 is 1.83 bits per heavy atom. The first-order valence-corrected chi connectivity index (χ1v) is 13.3. The number of hydrogen-bond donors (Lipinski definition) is 2. The number of carbonyl (C=O) groups is 2. The number of rotatable bonds is 7. The summed E-state index contributed by atoms with van der Waals surface area (Å²) in [6.07, 6.45) is 4.04. The Kier molecular flexibility index (Phi) is 6.80. The van der Waals surface area contributed by atoms with Gasteiger partial charge in [0.2, 0.25) is 11.8 Å². The molecule has 10 heteroatoms. The zero-order valence-corrected chi connectivity index (χ0v) is 21.2. The number of methoxy groups -OCH3 is 1. The molecule has 184 valence electrons. The van der Waals surface area contributed by atoms with E-state index in [1.807, 2.05) is 12.1 Å². The van der Waals surface area contributed by atoms with E-state index in [4.69, 9.17) is 15.5 Å². The number of thioether (sulfide) groups is 1. The molecule has 0 aliphatic heterocycles. The van der Waals surface area contributed by atoms with Gasteiger partial charge in [0.25, 0.3) is 5.56 Å². The maximum atomic E-state index is 13.8. The van der Waals surface area contributed by atoms with Crippen LogP contribution in [0.2, 0.25) is 0 Å². The van der Waals surface area contributed by atoms with Crippen molar-refractivity contribution in [3.05, 3.63) is 74.9 Å². The normalized spacial score (nSPS) is 12.8. The summed E-state index contributed by atoms with van der Waals surface area (Å²) in [6, 6.07) is 13.6. The number of nitrogens with zero attached hydrogens (tertiary/aromatic N) is 2. The molecule has 2 heterocycles. The summed E-state index contributed by atoms with van der Waals surface area (Å²) in [5.41, 5.74) is 7.85. The molecule has 8 nitrogen and oxygen atoms in total. The number of benzene rings is 2. The molecule has 4 aromatic rings. The quantitative estimate of drug-likeness (QED) is 0.279. The van der Waals surface area contributed by atoms with E-state index in [0.29, 0.717) is 33.2 Å². The molecule has 0 bridgehead atoms. The standard InChI is InChI=1S/C26H24N4O4S2/c1-34-18-12-10-17(11-13-18)30-25(33)22-19-4-2-3-5-20(19)36-24(22)29-26(30)35-14-21(31)28-16-8-6-15(7-9-16)23(27)32/h6-13H,2-5,14H2,1H3,(H2,27,32)(H,28,31). The van der Waals surface area contributed by atoms with Gasteiger partial charge in [-0.05, 0) is 79.8 Å². The molecular weight excluding hydrogens is 496 g/mol. The largest absolute Gasteiger partial charge is 0.497 e. The number of thiophene rings is 1. The Labute approximate surface area is 215 Å². The number of aryl methyl sites for hydroxylation is 2. The highest BCUT2D eigenvalue weighted by Gasteiger charge is 2.23. The van der Waals surface area contributed by atoms with Crippen LogP contribution < -0.4 is 21.3 Å². The minimum absolute atomic E-state index is 0.0523. The molecule has 36 heavy (non-hydrogen) atoms. The van der Waals surface area contributed by atoms with E-state index < -0.39 is 5.91 Å². The highest BCUT2D eigenvalue weighted by Crippen LogP contribution is 2.35.